The lowest BCUT2D eigenvalue weighted by atomic mass is 9.49. The van der Waals surface area contributed by atoms with Crippen molar-refractivity contribution in [2.45, 2.75) is 50.9 Å². The lowest BCUT2D eigenvalue weighted by Crippen LogP contribution is -2.51. The van der Waals surface area contributed by atoms with Crippen LogP contribution < -0.4 is 5.32 Å². The van der Waals surface area contributed by atoms with Crippen molar-refractivity contribution in [2.24, 2.45) is 23.2 Å². The zero-order valence-electron chi connectivity index (χ0n) is 19.6. The summed E-state index contributed by atoms with van der Waals surface area (Å²) in [5.41, 5.74) is 2.47. The molecule has 4 fully saturated rings. The van der Waals surface area contributed by atoms with Crippen LogP contribution in [0.3, 0.4) is 0 Å². The summed E-state index contributed by atoms with van der Waals surface area (Å²) < 4.78 is 1.72. The van der Waals surface area contributed by atoms with E-state index in [4.69, 9.17) is 11.6 Å². The molecule has 0 spiro atoms. The predicted molar refractivity (Wildman–Crippen MR) is 134 cm³/mol. The lowest BCUT2D eigenvalue weighted by Gasteiger charge is -2.56. The third kappa shape index (κ3) is 4.22. The Morgan fingerprint density at radius 2 is 1.74 bits per heavy atom. The summed E-state index contributed by atoms with van der Waals surface area (Å²) in [6.07, 6.45) is 9.76. The molecule has 2 heterocycles. The van der Waals surface area contributed by atoms with E-state index in [1.807, 2.05) is 18.2 Å². The highest BCUT2D eigenvalue weighted by molar-refractivity contribution is 6.31. The molecule has 182 valence electrons. The van der Waals surface area contributed by atoms with Gasteiger partial charge in [-0.2, -0.15) is 0 Å². The first kappa shape index (κ1) is 22.6. The van der Waals surface area contributed by atoms with Gasteiger partial charge < -0.3 is 10.4 Å². The Morgan fingerprint density at radius 3 is 2.40 bits per heavy atom. The van der Waals surface area contributed by atoms with Crippen LogP contribution in [0.15, 0.2) is 48.7 Å². The molecular formula is C28H30ClN3O3. The normalized spacial score (nSPS) is 27.7. The number of hydrogen-bond acceptors (Lipinski definition) is 3. The highest BCUT2D eigenvalue weighted by atomic mass is 35.5. The summed E-state index contributed by atoms with van der Waals surface area (Å²) in [5.74, 6) is 0.545. The van der Waals surface area contributed by atoms with Crippen molar-refractivity contribution in [3.63, 3.8) is 0 Å². The molecule has 7 heteroatoms. The molecule has 0 saturated heterocycles. The maximum absolute atomic E-state index is 13.3. The Balaban J connectivity index is 1.23. The Hall–Kier alpha value is -2.86. The molecule has 3 aromatic rings. The van der Waals surface area contributed by atoms with Crippen LogP contribution in [0.25, 0.3) is 5.65 Å². The highest BCUT2D eigenvalue weighted by Gasteiger charge is 2.50. The van der Waals surface area contributed by atoms with Gasteiger partial charge in [0.2, 0.25) is 0 Å². The van der Waals surface area contributed by atoms with Gasteiger partial charge in [0.25, 0.3) is 5.91 Å². The first-order chi connectivity index (χ1) is 16.9. The molecule has 1 aromatic carbocycles. The number of amides is 1. The standard InChI is InChI=1S/C28H30ClN3O3/c29-22-5-2-1-4-20(22)11-21(27(34)35)23-15-32-24(6-3-7-25(32)31-23)26(33)30-16-28-12-17-8-18(13-28)10-19(9-17)14-28/h1-7,15,17-19,21H,8-14,16H2,(H,30,33)(H,34,35). The third-order valence-electron chi connectivity index (χ3n) is 8.57. The fourth-order valence-electron chi connectivity index (χ4n) is 7.45. The quantitative estimate of drug-likeness (QED) is 0.467. The molecule has 4 aliphatic rings. The van der Waals surface area contributed by atoms with Gasteiger partial charge in [-0.25, -0.2) is 4.98 Å². The van der Waals surface area contributed by atoms with Gasteiger partial charge in [0.05, 0.1) is 5.69 Å². The van der Waals surface area contributed by atoms with Crippen LogP contribution in [0.5, 0.6) is 0 Å². The number of carboxylic acids is 1. The summed E-state index contributed by atoms with van der Waals surface area (Å²) in [5, 5.41) is 13.7. The minimum Gasteiger partial charge on any atom is -0.481 e. The summed E-state index contributed by atoms with van der Waals surface area (Å²) in [4.78, 5) is 30.0. The van der Waals surface area contributed by atoms with Crippen LogP contribution >= 0.6 is 11.6 Å². The number of pyridine rings is 1. The molecule has 0 aliphatic heterocycles. The fraction of sp³-hybridized carbons (Fsp3) is 0.464. The van der Waals surface area contributed by atoms with E-state index in [1.165, 1.54) is 38.5 Å². The number of fused-ring (bicyclic) bond motifs is 1. The van der Waals surface area contributed by atoms with E-state index in [9.17, 15) is 14.7 Å². The molecular weight excluding hydrogens is 462 g/mol. The number of carboxylic acid groups (broad SMARTS) is 1. The summed E-state index contributed by atoms with van der Waals surface area (Å²) in [6.45, 7) is 0.720. The number of carbonyl (C=O) groups is 2. The Morgan fingerprint density at radius 1 is 1.06 bits per heavy atom. The molecule has 35 heavy (non-hydrogen) atoms. The van der Waals surface area contributed by atoms with Gasteiger partial charge in [-0.15, -0.1) is 0 Å². The second kappa shape index (κ2) is 8.66. The van der Waals surface area contributed by atoms with E-state index in [2.05, 4.69) is 10.3 Å². The predicted octanol–water partition coefficient (Wildman–Crippen LogP) is 5.34. The van der Waals surface area contributed by atoms with E-state index in [-0.39, 0.29) is 17.7 Å². The van der Waals surface area contributed by atoms with Crippen molar-refractivity contribution in [3.8, 4) is 0 Å². The fourth-order valence-corrected chi connectivity index (χ4v) is 7.66. The molecule has 2 aromatic heterocycles. The van der Waals surface area contributed by atoms with Crippen molar-refractivity contribution in [3.05, 3.63) is 70.6 Å². The van der Waals surface area contributed by atoms with E-state index in [0.29, 0.717) is 22.1 Å². The molecule has 4 bridgehead atoms. The van der Waals surface area contributed by atoms with E-state index in [0.717, 1.165) is 29.9 Å². The molecule has 4 aliphatic carbocycles. The smallest absolute Gasteiger partial charge is 0.312 e. The maximum atomic E-state index is 13.3. The van der Waals surface area contributed by atoms with Crippen LogP contribution in [0.2, 0.25) is 5.02 Å². The number of aliphatic carboxylic acids is 1. The van der Waals surface area contributed by atoms with Crippen molar-refractivity contribution in [1.29, 1.82) is 0 Å². The van der Waals surface area contributed by atoms with Gasteiger partial charge in [-0.1, -0.05) is 35.9 Å². The molecule has 6 nitrogen and oxygen atoms in total. The molecule has 7 rings (SSSR count). The number of aromatic nitrogens is 2. The largest absolute Gasteiger partial charge is 0.481 e. The summed E-state index contributed by atoms with van der Waals surface area (Å²) in [7, 11) is 0. The van der Waals surface area contributed by atoms with Crippen LogP contribution in [-0.4, -0.2) is 32.9 Å². The zero-order chi connectivity index (χ0) is 24.2. The minimum atomic E-state index is -0.971. The van der Waals surface area contributed by atoms with Gasteiger partial charge in [0.1, 0.15) is 17.3 Å². The van der Waals surface area contributed by atoms with Gasteiger partial charge in [0, 0.05) is 17.8 Å². The number of carbonyl (C=O) groups excluding carboxylic acids is 1. The number of benzene rings is 1. The molecule has 1 unspecified atom stereocenters. The van der Waals surface area contributed by atoms with Crippen molar-refractivity contribution in [2.75, 3.05) is 6.54 Å². The number of hydrogen-bond donors (Lipinski definition) is 2. The first-order valence-electron chi connectivity index (χ1n) is 12.6. The van der Waals surface area contributed by atoms with Crippen molar-refractivity contribution in [1.82, 2.24) is 14.7 Å². The van der Waals surface area contributed by atoms with Crippen molar-refractivity contribution < 1.29 is 14.7 Å². The van der Waals surface area contributed by atoms with E-state index in [1.54, 1.807) is 34.9 Å². The monoisotopic (exact) mass is 491 g/mol. The number of halogens is 1. The Kier molecular flexibility index (Phi) is 5.59. The Bertz CT molecular complexity index is 1260. The minimum absolute atomic E-state index is 0.131. The lowest BCUT2D eigenvalue weighted by molar-refractivity contribution is -0.138. The van der Waals surface area contributed by atoms with Gasteiger partial charge in [0.15, 0.2) is 0 Å². The number of imidazole rings is 1. The third-order valence-corrected chi connectivity index (χ3v) is 8.94. The topological polar surface area (TPSA) is 83.7 Å². The molecule has 1 atom stereocenters. The second-order valence-corrected chi connectivity index (χ2v) is 11.5. The number of nitrogens with zero attached hydrogens (tertiary/aromatic N) is 2. The van der Waals surface area contributed by atoms with Gasteiger partial charge in [-0.05, 0) is 91.9 Å². The van der Waals surface area contributed by atoms with Crippen LogP contribution in [0.1, 0.15) is 66.2 Å². The second-order valence-electron chi connectivity index (χ2n) is 11.1. The molecule has 0 radical (unpaired) electrons. The summed E-state index contributed by atoms with van der Waals surface area (Å²) >= 11 is 6.28. The Labute approximate surface area is 209 Å². The van der Waals surface area contributed by atoms with Gasteiger partial charge in [-0.3, -0.25) is 14.0 Å². The number of nitrogens with one attached hydrogen (secondary N) is 1. The summed E-state index contributed by atoms with van der Waals surface area (Å²) in [6, 6.07) is 12.6. The number of rotatable bonds is 7. The molecule has 2 N–H and O–H groups in total. The highest BCUT2D eigenvalue weighted by Crippen LogP contribution is 2.59. The maximum Gasteiger partial charge on any atom is 0.312 e. The van der Waals surface area contributed by atoms with E-state index < -0.39 is 11.9 Å². The van der Waals surface area contributed by atoms with Crippen LogP contribution in [0.4, 0.5) is 0 Å². The average Bonchev–Trinajstić information content (AvgIpc) is 3.25. The first-order valence-corrected chi connectivity index (χ1v) is 13.0. The van der Waals surface area contributed by atoms with Crippen molar-refractivity contribution >= 4 is 29.1 Å². The molecule has 1 amide bonds. The van der Waals surface area contributed by atoms with Gasteiger partial charge >= 0.3 is 5.97 Å². The van der Waals surface area contributed by atoms with Crippen LogP contribution in [-0.2, 0) is 11.2 Å². The SMILES string of the molecule is O=C(NCC12CC3CC(CC(C3)C1)C2)c1cccc2nc(C(Cc3ccccc3Cl)C(=O)O)cn12. The average molecular weight is 492 g/mol. The zero-order valence-corrected chi connectivity index (χ0v) is 20.4. The molecule has 4 saturated carbocycles. The van der Waals surface area contributed by atoms with E-state index >= 15 is 0 Å². The van der Waals surface area contributed by atoms with Crippen LogP contribution in [0, 0.1) is 23.2 Å².